The molecule has 1 N–H and O–H groups in total. The zero-order valence-electron chi connectivity index (χ0n) is 8.14. The largest absolute Gasteiger partial charge is 0.436 e. The third-order valence-corrected chi connectivity index (χ3v) is 2.69. The maximum atomic E-state index is 5.63. The molecule has 0 atom stereocenters. The van der Waals surface area contributed by atoms with E-state index in [1.807, 2.05) is 6.07 Å². The van der Waals surface area contributed by atoms with Gasteiger partial charge in [0.25, 0.3) is 0 Å². The fraction of sp³-hybridized carbons (Fsp3) is 0. The number of fused-ring (bicyclic) bond motifs is 5. The highest BCUT2D eigenvalue weighted by atomic mass is 16.3. The standard InChI is InChI=1S/C11H6N4O/c1-2-12-3-7-6(1)9-10-8(4-13-5-14-10)16-11(9)15-7/h1-5,15H. The molecule has 0 saturated carbocycles. The van der Waals surface area contributed by atoms with Gasteiger partial charge in [0, 0.05) is 11.6 Å². The third-order valence-electron chi connectivity index (χ3n) is 2.69. The van der Waals surface area contributed by atoms with E-state index >= 15 is 0 Å². The molecule has 16 heavy (non-hydrogen) atoms. The Balaban J connectivity index is 2.38. The first-order valence-corrected chi connectivity index (χ1v) is 4.87. The van der Waals surface area contributed by atoms with Gasteiger partial charge in [0.1, 0.15) is 11.8 Å². The second kappa shape index (κ2) is 2.57. The summed E-state index contributed by atoms with van der Waals surface area (Å²) in [6.07, 6.45) is 6.73. The van der Waals surface area contributed by atoms with Crippen molar-refractivity contribution in [1.82, 2.24) is 19.9 Å². The normalized spacial score (nSPS) is 11.8. The molecular weight excluding hydrogens is 204 g/mol. The number of rotatable bonds is 0. The Morgan fingerprint density at radius 2 is 2.19 bits per heavy atom. The summed E-state index contributed by atoms with van der Waals surface area (Å²) in [6.45, 7) is 0. The molecule has 4 aromatic rings. The minimum Gasteiger partial charge on any atom is -0.436 e. The van der Waals surface area contributed by atoms with Crippen LogP contribution in [-0.4, -0.2) is 19.9 Å². The van der Waals surface area contributed by atoms with Crippen LogP contribution in [0.2, 0.25) is 0 Å². The highest BCUT2D eigenvalue weighted by molar-refractivity contribution is 6.16. The van der Waals surface area contributed by atoms with Crippen molar-refractivity contribution < 1.29 is 4.42 Å². The predicted octanol–water partition coefficient (Wildman–Crippen LogP) is 2.25. The maximum Gasteiger partial charge on any atom is 0.208 e. The maximum absolute atomic E-state index is 5.63. The van der Waals surface area contributed by atoms with Crippen LogP contribution in [0.5, 0.6) is 0 Å². The Morgan fingerprint density at radius 1 is 1.19 bits per heavy atom. The van der Waals surface area contributed by atoms with Crippen LogP contribution in [0.1, 0.15) is 0 Å². The average Bonchev–Trinajstić information content (AvgIpc) is 2.83. The van der Waals surface area contributed by atoms with Gasteiger partial charge in [-0.2, -0.15) is 0 Å². The fourth-order valence-electron chi connectivity index (χ4n) is 2.02. The lowest BCUT2D eigenvalue weighted by molar-refractivity contribution is 0.654. The van der Waals surface area contributed by atoms with Crippen molar-refractivity contribution in [3.8, 4) is 0 Å². The summed E-state index contributed by atoms with van der Waals surface area (Å²) in [5, 5.41) is 2.07. The van der Waals surface area contributed by atoms with Crippen molar-refractivity contribution in [2.24, 2.45) is 0 Å². The summed E-state index contributed by atoms with van der Waals surface area (Å²) in [5.74, 6) is 0. The third kappa shape index (κ3) is 0.826. The summed E-state index contributed by atoms with van der Waals surface area (Å²) in [5.41, 5.74) is 3.21. The number of hydrogen-bond acceptors (Lipinski definition) is 4. The number of furan rings is 1. The molecule has 0 aliphatic rings. The van der Waals surface area contributed by atoms with Gasteiger partial charge in [0.15, 0.2) is 5.58 Å². The Bertz CT molecular complexity index is 749. The number of nitrogens with zero attached hydrogens (tertiary/aromatic N) is 3. The number of pyridine rings is 1. The lowest BCUT2D eigenvalue weighted by atomic mass is 10.2. The summed E-state index contributed by atoms with van der Waals surface area (Å²) < 4.78 is 5.63. The summed E-state index contributed by atoms with van der Waals surface area (Å²) >= 11 is 0. The second-order valence-electron chi connectivity index (χ2n) is 3.59. The Hall–Kier alpha value is -2.43. The first kappa shape index (κ1) is 7.81. The van der Waals surface area contributed by atoms with Crippen LogP contribution in [0, 0.1) is 0 Å². The van der Waals surface area contributed by atoms with Crippen molar-refractivity contribution in [3.63, 3.8) is 0 Å². The summed E-state index contributed by atoms with van der Waals surface area (Å²) in [6, 6.07) is 1.95. The van der Waals surface area contributed by atoms with Crippen LogP contribution < -0.4 is 0 Å². The molecule has 4 aromatic heterocycles. The van der Waals surface area contributed by atoms with Crippen LogP contribution in [0.25, 0.3) is 33.1 Å². The second-order valence-corrected chi connectivity index (χ2v) is 3.59. The van der Waals surface area contributed by atoms with Crippen LogP contribution in [-0.2, 0) is 0 Å². The van der Waals surface area contributed by atoms with Gasteiger partial charge in [0.05, 0.1) is 23.3 Å². The number of H-pyrrole nitrogens is 1. The molecule has 5 nitrogen and oxygen atoms in total. The predicted molar refractivity (Wildman–Crippen MR) is 59.0 cm³/mol. The zero-order valence-corrected chi connectivity index (χ0v) is 8.14. The number of aromatic amines is 1. The quantitative estimate of drug-likeness (QED) is 0.483. The van der Waals surface area contributed by atoms with E-state index in [-0.39, 0.29) is 0 Å². The van der Waals surface area contributed by atoms with Crippen LogP contribution in [0.15, 0.2) is 35.4 Å². The highest BCUT2D eigenvalue weighted by Crippen LogP contribution is 2.32. The van der Waals surface area contributed by atoms with Crippen molar-refractivity contribution in [3.05, 3.63) is 31.0 Å². The van der Waals surface area contributed by atoms with E-state index in [1.165, 1.54) is 6.33 Å². The molecule has 0 aliphatic heterocycles. The zero-order chi connectivity index (χ0) is 10.5. The van der Waals surface area contributed by atoms with E-state index in [2.05, 4.69) is 19.9 Å². The molecule has 5 heteroatoms. The van der Waals surface area contributed by atoms with Crippen molar-refractivity contribution in [2.75, 3.05) is 0 Å². The van der Waals surface area contributed by atoms with Gasteiger partial charge in [-0.3, -0.25) is 4.98 Å². The minimum atomic E-state index is 0.697. The molecule has 0 bridgehead atoms. The van der Waals surface area contributed by atoms with Gasteiger partial charge < -0.3 is 9.40 Å². The topological polar surface area (TPSA) is 67.6 Å². The molecule has 4 rings (SSSR count). The average molecular weight is 210 g/mol. The lowest BCUT2D eigenvalue weighted by Gasteiger charge is -1.88. The molecule has 0 aliphatic carbocycles. The Labute approximate surface area is 89.1 Å². The Kier molecular flexibility index (Phi) is 1.26. The first-order valence-electron chi connectivity index (χ1n) is 4.87. The van der Waals surface area contributed by atoms with Crippen LogP contribution in [0.3, 0.4) is 0 Å². The summed E-state index contributed by atoms with van der Waals surface area (Å²) in [7, 11) is 0. The van der Waals surface area contributed by atoms with E-state index in [0.717, 1.165) is 27.5 Å². The molecule has 0 amide bonds. The number of hydrogen-bond donors (Lipinski definition) is 1. The van der Waals surface area contributed by atoms with Crippen molar-refractivity contribution in [1.29, 1.82) is 0 Å². The number of nitrogens with one attached hydrogen (secondary N) is 1. The highest BCUT2D eigenvalue weighted by Gasteiger charge is 2.13. The smallest absolute Gasteiger partial charge is 0.208 e. The number of aromatic nitrogens is 4. The molecule has 0 fully saturated rings. The lowest BCUT2D eigenvalue weighted by Crippen LogP contribution is -1.76. The molecule has 0 saturated heterocycles. The molecule has 4 heterocycles. The van der Waals surface area contributed by atoms with Gasteiger partial charge in [-0.1, -0.05) is 0 Å². The molecular formula is C11H6N4O. The molecule has 0 unspecified atom stereocenters. The molecule has 0 radical (unpaired) electrons. The van der Waals surface area contributed by atoms with Gasteiger partial charge in [-0.05, 0) is 6.07 Å². The van der Waals surface area contributed by atoms with E-state index < -0.39 is 0 Å². The van der Waals surface area contributed by atoms with Gasteiger partial charge in [-0.25, -0.2) is 9.97 Å². The van der Waals surface area contributed by atoms with E-state index in [1.54, 1.807) is 18.6 Å². The molecule has 0 spiro atoms. The summed E-state index contributed by atoms with van der Waals surface area (Å²) in [4.78, 5) is 15.4. The van der Waals surface area contributed by atoms with Gasteiger partial charge in [0.2, 0.25) is 5.71 Å². The van der Waals surface area contributed by atoms with Gasteiger partial charge >= 0.3 is 0 Å². The Morgan fingerprint density at radius 3 is 3.19 bits per heavy atom. The van der Waals surface area contributed by atoms with Gasteiger partial charge in [-0.15, -0.1) is 0 Å². The van der Waals surface area contributed by atoms with E-state index in [9.17, 15) is 0 Å². The van der Waals surface area contributed by atoms with E-state index in [4.69, 9.17) is 4.42 Å². The van der Waals surface area contributed by atoms with Crippen LogP contribution in [0.4, 0.5) is 0 Å². The minimum absolute atomic E-state index is 0.697. The van der Waals surface area contributed by atoms with Crippen molar-refractivity contribution in [2.45, 2.75) is 0 Å². The SMILES string of the molecule is c1cc2c(cn1)[nH]c1oc3cncnc3c12. The van der Waals surface area contributed by atoms with E-state index in [0.29, 0.717) is 5.58 Å². The fourth-order valence-corrected chi connectivity index (χ4v) is 2.02. The first-order chi connectivity index (χ1) is 7.93. The van der Waals surface area contributed by atoms with Crippen LogP contribution >= 0.6 is 0 Å². The molecule has 76 valence electrons. The van der Waals surface area contributed by atoms with Crippen molar-refractivity contribution >= 4 is 33.1 Å². The monoisotopic (exact) mass is 210 g/mol. The molecule has 0 aromatic carbocycles.